The summed E-state index contributed by atoms with van der Waals surface area (Å²) in [4.78, 5) is 12.5. The number of aryl methyl sites for hydroxylation is 1. The molecule has 0 bridgehead atoms. The zero-order chi connectivity index (χ0) is 20.4. The number of hydrogen-bond acceptors (Lipinski definition) is 5. The van der Waals surface area contributed by atoms with Crippen LogP contribution < -0.4 is 10.1 Å². The number of ether oxygens (including phenoxy) is 2. The second-order valence-corrected chi connectivity index (χ2v) is 7.93. The summed E-state index contributed by atoms with van der Waals surface area (Å²) < 4.78 is 12.6. The molecule has 1 aliphatic heterocycles. The average Bonchev–Trinajstić information content (AvgIpc) is 2.94. The number of nitrogens with one attached hydrogen (secondary N) is 1. The van der Waals surface area contributed by atoms with Crippen molar-refractivity contribution in [2.24, 2.45) is 0 Å². The van der Waals surface area contributed by atoms with Crippen LogP contribution in [-0.2, 0) is 16.1 Å². The zero-order valence-corrected chi connectivity index (χ0v) is 17.5. The van der Waals surface area contributed by atoms with Gasteiger partial charge in [0, 0.05) is 18.2 Å². The van der Waals surface area contributed by atoms with Gasteiger partial charge in [0.2, 0.25) is 5.91 Å². The normalized spacial score (nSPS) is 16.1. The molecule has 7 heteroatoms. The number of carbonyl (C=O) groups is 1. The Bertz CT molecular complexity index is 1030. The van der Waals surface area contributed by atoms with Gasteiger partial charge in [-0.25, -0.2) is 4.68 Å². The molecule has 3 aromatic rings. The van der Waals surface area contributed by atoms with Crippen molar-refractivity contribution >= 4 is 23.5 Å². The number of anilines is 1. The summed E-state index contributed by atoms with van der Waals surface area (Å²) in [6, 6.07) is 16.0. The molecule has 2 aromatic carbocycles. The van der Waals surface area contributed by atoms with Gasteiger partial charge in [0.25, 0.3) is 0 Å². The number of para-hydroxylation sites is 1. The van der Waals surface area contributed by atoms with Crippen molar-refractivity contribution < 1.29 is 14.3 Å². The number of nitrogens with zero attached hydrogens (tertiary/aromatic N) is 2. The number of benzene rings is 2. The average molecular weight is 410 g/mol. The number of rotatable bonds is 5. The van der Waals surface area contributed by atoms with E-state index >= 15 is 0 Å². The predicted molar refractivity (Wildman–Crippen MR) is 115 cm³/mol. The summed E-state index contributed by atoms with van der Waals surface area (Å²) >= 11 is 1.60. The van der Waals surface area contributed by atoms with Crippen molar-refractivity contribution in [2.45, 2.75) is 18.8 Å². The maximum absolute atomic E-state index is 12.5. The molecule has 1 atom stereocenters. The van der Waals surface area contributed by atoms with E-state index in [0.29, 0.717) is 12.4 Å². The second kappa shape index (κ2) is 8.31. The van der Waals surface area contributed by atoms with Gasteiger partial charge < -0.3 is 14.8 Å². The SMILES string of the molecule is COCc1cc(C2SCC(=O)Nc3c2c(C)nn3-c2ccccc2)ccc1OC. The molecule has 1 amide bonds. The van der Waals surface area contributed by atoms with E-state index in [1.54, 1.807) is 26.0 Å². The first kappa shape index (κ1) is 19.5. The van der Waals surface area contributed by atoms with Crippen molar-refractivity contribution in [1.82, 2.24) is 9.78 Å². The highest BCUT2D eigenvalue weighted by atomic mass is 32.2. The highest BCUT2D eigenvalue weighted by Gasteiger charge is 2.31. The molecular formula is C22H23N3O3S. The molecule has 0 fully saturated rings. The highest BCUT2D eigenvalue weighted by Crippen LogP contribution is 2.44. The fourth-order valence-corrected chi connectivity index (χ4v) is 4.81. The standard InChI is InChI=1S/C22H23N3O3S/c1-14-20-21(15-9-10-18(28-3)16(11-15)12-27-2)29-13-19(26)23-22(20)25(24-14)17-7-5-4-6-8-17/h4-11,21H,12-13H2,1-3H3,(H,23,26). The van der Waals surface area contributed by atoms with Crippen LogP contribution in [0.5, 0.6) is 5.75 Å². The maximum atomic E-state index is 12.5. The Morgan fingerprint density at radius 1 is 1.21 bits per heavy atom. The monoisotopic (exact) mass is 409 g/mol. The van der Waals surface area contributed by atoms with Crippen LogP contribution in [0, 0.1) is 6.92 Å². The number of carbonyl (C=O) groups excluding carboxylic acids is 1. The molecule has 1 aliphatic rings. The summed E-state index contributed by atoms with van der Waals surface area (Å²) in [6.07, 6.45) is 0. The van der Waals surface area contributed by atoms with Crippen molar-refractivity contribution in [2.75, 3.05) is 25.3 Å². The third kappa shape index (κ3) is 3.75. The molecule has 29 heavy (non-hydrogen) atoms. The van der Waals surface area contributed by atoms with E-state index in [1.165, 1.54) is 0 Å². The lowest BCUT2D eigenvalue weighted by Gasteiger charge is -2.18. The van der Waals surface area contributed by atoms with Gasteiger partial charge in [-0.3, -0.25) is 4.79 Å². The smallest absolute Gasteiger partial charge is 0.235 e. The molecule has 0 saturated heterocycles. The molecule has 6 nitrogen and oxygen atoms in total. The van der Waals surface area contributed by atoms with Gasteiger partial charge in [-0.15, -0.1) is 11.8 Å². The topological polar surface area (TPSA) is 65.4 Å². The van der Waals surface area contributed by atoms with Crippen molar-refractivity contribution in [3.8, 4) is 11.4 Å². The van der Waals surface area contributed by atoms with Crippen LogP contribution in [0.2, 0.25) is 0 Å². The summed E-state index contributed by atoms with van der Waals surface area (Å²) in [6.45, 7) is 2.45. The van der Waals surface area contributed by atoms with Gasteiger partial charge in [0.05, 0.1) is 36.1 Å². The molecule has 0 radical (unpaired) electrons. The Labute approximate surface area is 174 Å². The van der Waals surface area contributed by atoms with Gasteiger partial charge in [0.15, 0.2) is 0 Å². The van der Waals surface area contributed by atoms with E-state index in [-0.39, 0.29) is 11.2 Å². The summed E-state index contributed by atoms with van der Waals surface area (Å²) in [5, 5.41) is 7.78. The summed E-state index contributed by atoms with van der Waals surface area (Å²) in [7, 11) is 3.32. The van der Waals surface area contributed by atoms with Gasteiger partial charge in [-0.2, -0.15) is 5.10 Å². The lowest BCUT2D eigenvalue weighted by Crippen LogP contribution is -2.15. The van der Waals surface area contributed by atoms with Crippen LogP contribution in [0.25, 0.3) is 5.69 Å². The fraction of sp³-hybridized carbons (Fsp3) is 0.273. The molecule has 1 unspecified atom stereocenters. The van der Waals surface area contributed by atoms with Crippen molar-refractivity contribution in [1.29, 1.82) is 0 Å². The molecule has 4 rings (SSSR count). The van der Waals surface area contributed by atoms with Crippen LogP contribution in [-0.4, -0.2) is 35.7 Å². The van der Waals surface area contributed by atoms with Crippen molar-refractivity contribution in [3.63, 3.8) is 0 Å². The molecule has 150 valence electrons. The number of aromatic nitrogens is 2. The minimum Gasteiger partial charge on any atom is -0.496 e. The third-order valence-electron chi connectivity index (χ3n) is 4.92. The fourth-order valence-electron chi connectivity index (χ4n) is 3.63. The molecular weight excluding hydrogens is 386 g/mol. The van der Waals surface area contributed by atoms with Gasteiger partial charge in [-0.05, 0) is 36.8 Å². The minimum absolute atomic E-state index is 0.0251. The van der Waals surface area contributed by atoms with E-state index in [2.05, 4.69) is 17.4 Å². The second-order valence-electron chi connectivity index (χ2n) is 6.84. The van der Waals surface area contributed by atoms with E-state index in [9.17, 15) is 4.79 Å². The molecule has 0 aliphatic carbocycles. The quantitative estimate of drug-likeness (QED) is 0.687. The molecule has 0 saturated carbocycles. The first-order valence-corrected chi connectivity index (χ1v) is 10.4. The number of amides is 1. The van der Waals surface area contributed by atoms with E-state index < -0.39 is 0 Å². The summed E-state index contributed by atoms with van der Waals surface area (Å²) in [5.74, 6) is 1.87. The largest absolute Gasteiger partial charge is 0.496 e. The van der Waals surface area contributed by atoms with Crippen LogP contribution in [0.1, 0.15) is 27.6 Å². The number of fused-ring (bicyclic) bond motifs is 1. The number of methoxy groups -OCH3 is 2. The summed E-state index contributed by atoms with van der Waals surface area (Å²) in [5.41, 5.74) is 4.91. The Hall–Kier alpha value is -2.77. The van der Waals surface area contributed by atoms with Gasteiger partial charge in [0.1, 0.15) is 11.6 Å². The lowest BCUT2D eigenvalue weighted by atomic mass is 10.0. The number of thioether (sulfide) groups is 1. The van der Waals surface area contributed by atoms with Crippen molar-refractivity contribution in [3.05, 3.63) is 70.9 Å². The Balaban J connectivity index is 1.85. The lowest BCUT2D eigenvalue weighted by molar-refractivity contribution is -0.113. The molecule has 2 heterocycles. The van der Waals surface area contributed by atoms with Crippen LogP contribution >= 0.6 is 11.8 Å². The number of hydrogen-bond donors (Lipinski definition) is 1. The van der Waals surface area contributed by atoms with Gasteiger partial charge in [-0.1, -0.05) is 24.3 Å². The van der Waals surface area contributed by atoms with E-state index in [0.717, 1.165) is 39.6 Å². The third-order valence-corrected chi connectivity index (χ3v) is 6.19. The van der Waals surface area contributed by atoms with Crippen LogP contribution in [0.15, 0.2) is 48.5 Å². The molecule has 1 aromatic heterocycles. The molecule has 0 spiro atoms. The Morgan fingerprint density at radius 3 is 2.72 bits per heavy atom. The minimum atomic E-state index is -0.0264. The van der Waals surface area contributed by atoms with Crippen LogP contribution in [0.3, 0.4) is 0 Å². The first-order chi connectivity index (χ1) is 14.1. The predicted octanol–water partition coefficient (Wildman–Crippen LogP) is 4.11. The highest BCUT2D eigenvalue weighted by molar-refractivity contribution is 8.00. The first-order valence-electron chi connectivity index (χ1n) is 9.34. The van der Waals surface area contributed by atoms with Crippen LogP contribution in [0.4, 0.5) is 5.82 Å². The maximum Gasteiger partial charge on any atom is 0.235 e. The Kier molecular flexibility index (Phi) is 5.60. The Morgan fingerprint density at radius 2 is 2.00 bits per heavy atom. The van der Waals surface area contributed by atoms with E-state index in [4.69, 9.17) is 14.6 Å². The molecule has 1 N–H and O–H groups in total. The van der Waals surface area contributed by atoms with E-state index in [1.807, 2.05) is 48.0 Å². The zero-order valence-electron chi connectivity index (χ0n) is 16.6. The van der Waals surface area contributed by atoms with Gasteiger partial charge >= 0.3 is 0 Å².